The molecule has 10 rings (SSSR count). The maximum Gasteiger partial charge on any atom is 0.394 e. The van der Waals surface area contributed by atoms with Gasteiger partial charge in [0.05, 0.1) is 37.5 Å². The van der Waals surface area contributed by atoms with Crippen molar-refractivity contribution in [3.8, 4) is 11.5 Å². The zero-order valence-corrected chi connectivity index (χ0v) is 36.1. The number of methoxy groups -OCH3 is 2. The lowest BCUT2D eigenvalue weighted by molar-refractivity contribution is -0.139. The van der Waals surface area contributed by atoms with Crippen molar-refractivity contribution in [1.29, 1.82) is 0 Å². The maximum atomic E-state index is 11.2. The van der Waals surface area contributed by atoms with Crippen LogP contribution in [-0.2, 0) is 15.2 Å². The Morgan fingerprint density at radius 1 is 0.787 bits per heavy atom. The number of hydrogen-bond acceptors (Lipinski definition) is 12. The Balaban J connectivity index is 0.000000180. The number of rotatable bonds is 10. The number of pyridine rings is 2. The fraction of sp³-hybridized carbons (Fsp3) is 0.489. The largest absolute Gasteiger partial charge is 0.497 e. The number of aliphatic hydroxyl groups is 2. The SMILES string of the molecule is C=C[C@H]1C[N@]2CC[C@H]1C[C@H]2[C@H](O)c1ccnc2ccc(OC)cc12.C=C[C@H]1C[N@]2CC[C@H]1C[C@H]2[C@H](O)c1ccnc2ccc(OC)cc12.CC(C)[C@H](N)C(=O)O.O=S(=O)(O)O. The molecule has 2 aromatic carbocycles. The molecule has 61 heavy (non-hydrogen) atoms. The van der Waals surface area contributed by atoms with Gasteiger partial charge >= 0.3 is 16.4 Å². The number of carbonyl (C=O) groups is 1. The van der Waals surface area contributed by atoms with E-state index in [0.717, 1.165) is 83.5 Å². The van der Waals surface area contributed by atoms with Crippen LogP contribution in [0.5, 0.6) is 11.5 Å². The van der Waals surface area contributed by atoms with Crippen LogP contribution in [0.1, 0.15) is 62.9 Å². The Morgan fingerprint density at radius 2 is 1.18 bits per heavy atom. The molecule has 15 nitrogen and oxygen atoms in total. The van der Waals surface area contributed by atoms with Crippen molar-refractivity contribution in [2.45, 2.75) is 69.9 Å². The average Bonchev–Trinajstić information content (AvgIpc) is 3.27. The normalized spacial score (nSPS) is 26.6. The molecule has 16 heteroatoms. The highest BCUT2D eigenvalue weighted by molar-refractivity contribution is 7.79. The number of carboxylic acids is 1. The van der Waals surface area contributed by atoms with E-state index in [9.17, 15) is 15.0 Å². The van der Waals surface area contributed by atoms with Crippen LogP contribution in [0.25, 0.3) is 21.8 Å². The molecule has 7 N–H and O–H groups in total. The molecule has 0 spiro atoms. The summed E-state index contributed by atoms with van der Waals surface area (Å²) in [7, 11) is -1.34. The van der Waals surface area contributed by atoms with Gasteiger partial charge in [0, 0.05) is 48.3 Å². The lowest BCUT2D eigenvalue weighted by atomic mass is 9.73. The van der Waals surface area contributed by atoms with E-state index >= 15 is 0 Å². The average molecular weight is 864 g/mol. The summed E-state index contributed by atoms with van der Waals surface area (Å²) in [6, 6.07) is 15.2. The summed E-state index contributed by atoms with van der Waals surface area (Å²) in [5.41, 5.74) is 8.85. The Morgan fingerprint density at radius 3 is 1.46 bits per heavy atom. The fourth-order valence-electron chi connectivity index (χ4n) is 9.17. The molecule has 0 unspecified atom stereocenters. The standard InChI is InChI=1S/2C20H24N2O2.C5H11NO2.H2O4S/c2*1-3-13-12-22-9-7-14(13)10-19(22)20(23)16-6-8-21-18-5-4-15(24-2)11-17(16)18;1-3(2)4(6)5(7)8;1-5(2,3)4/h2*3-6,8,11,13-14,19-20,23H,1,7,9-10,12H2,2H3;3-4H,6H2,1-2H3,(H,7,8);(H2,1,2,3,4)/t2*13-,14-,19-,20+;4-;/m000./s1. The number of fused-ring (bicyclic) bond motifs is 8. The van der Waals surface area contributed by atoms with Gasteiger partial charge in [0.15, 0.2) is 0 Å². The minimum absolute atomic E-state index is 0.0208. The predicted molar refractivity (Wildman–Crippen MR) is 235 cm³/mol. The van der Waals surface area contributed by atoms with Crippen molar-refractivity contribution in [1.82, 2.24) is 19.8 Å². The smallest absolute Gasteiger partial charge is 0.394 e. The third-order valence-electron chi connectivity index (χ3n) is 12.6. The van der Waals surface area contributed by atoms with E-state index in [-0.39, 0.29) is 18.0 Å². The zero-order valence-electron chi connectivity index (χ0n) is 35.3. The van der Waals surface area contributed by atoms with E-state index in [0.29, 0.717) is 23.7 Å². The second-order valence-corrected chi connectivity index (χ2v) is 17.4. The minimum Gasteiger partial charge on any atom is -0.497 e. The van der Waals surface area contributed by atoms with Gasteiger partial charge in [-0.25, -0.2) is 0 Å². The Labute approximate surface area is 358 Å². The summed E-state index contributed by atoms with van der Waals surface area (Å²) in [5, 5.41) is 32.5. The van der Waals surface area contributed by atoms with Crippen molar-refractivity contribution in [3.05, 3.63) is 97.4 Å². The number of piperidine rings is 6. The quantitative estimate of drug-likeness (QED) is 0.0824. The molecule has 4 bridgehead atoms. The Bertz CT molecular complexity index is 2100. The zero-order chi connectivity index (χ0) is 44.6. The highest BCUT2D eigenvalue weighted by Gasteiger charge is 2.43. The minimum atomic E-state index is -4.67. The summed E-state index contributed by atoms with van der Waals surface area (Å²) >= 11 is 0. The third-order valence-corrected chi connectivity index (χ3v) is 12.6. The molecule has 332 valence electrons. The van der Waals surface area contributed by atoms with Crippen LogP contribution >= 0.6 is 0 Å². The van der Waals surface area contributed by atoms with Crippen molar-refractivity contribution in [2.75, 3.05) is 40.4 Å². The number of aliphatic hydroxyl groups excluding tert-OH is 2. The van der Waals surface area contributed by atoms with E-state index in [1.807, 2.05) is 48.5 Å². The second-order valence-electron chi connectivity index (χ2n) is 16.5. The first-order chi connectivity index (χ1) is 29.0. The molecule has 0 saturated carbocycles. The molecule has 6 aliphatic rings. The molecule has 4 aromatic rings. The molecule has 0 aliphatic carbocycles. The molecule has 0 radical (unpaired) electrons. The molecule has 6 fully saturated rings. The van der Waals surface area contributed by atoms with Crippen LogP contribution in [-0.4, -0.2) is 117 Å². The summed E-state index contributed by atoms with van der Waals surface area (Å²) < 4.78 is 42.3. The number of hydrogen-bond donors (Lipinski definition) is 6. The highest BCUT2D eigenvalue weighted by atomic mass is 32.3. The van der Waals surface area contributed by atoms with Crippen LogP contribution in [0.4, 0.5) is 0 Å². The number of nitrogens with zero attached hydrogens (tertiary/aromatic N) is 4. The van der Waals surface area contributed by atoms with Gasteiger partial charge in [0.2, 0.25) is 0 Å². The van der Waals surface area contributed by atoms with E-state index in [2.05, 4.69) is 45.1 Å². The number of aromatic nitrogens is 2. The summed E-state index contributed by atoms with van der Waals surface area (Å²) in [6.45, 7) is 15.7. The van der Waals surface area contributed by atoms with Gasteiger partial charge in [-0.2, -0.15) is 8.42 Å². The Hall–Kier alpha value is -4.52. The monoisotopic (exact) mass is 863 g/mol. The van der Waals surface area contributed by atoms with Crippen LogP contribution in [0.3, 0.4) is 0 Å². The number of nitrogens with two attached hydrogens (primary N) is 1. The van der Waals surface area contributed by atoms with Gasteiger partial charge in [-0.05, 0) is 128 Å². The fourth-order valence-corrected chi connectivity index (χ4v) is 9.17. The van der Waals surface area contributed by atoms with Crippen LogP contribution in [0, 0.1) is 29.6 Å². The van der Waals surface area contributed by atoms with E-state index in [1.54, 1.807) is 40.5 Å². The first kappa shape index (κ1) is 47.5. The van der Waals surface area contributed by atoms with Crippen LogP contribution in [0.15, 0.2) is 86.2 Å². The van der Waals surface area contributed by atoms with Gasteiger partial charge in [-0.1, -0.05) is 26.0 Å². The molecular formula is C45H61N5O10S. The van der Waals surface area contributed by atoms with E-state index < -0.39 is 34.6 Å². The van der Waals surface area contributed by atoms with Gasteiger partial charge < -0.3 is 30.5 Å². The van der Waals surface area contributed by atoms with Gasteiger partial charge in [-0.15, -0.1) is 13.2 Å². The summed E-state index contributed by atoms with van der Waals surface area (Å²) in [6.07, 6.45) is 11.2. The lowest BCUT2D eigenvalue weighted by Gasteiger charge is -2.50. The second kappa shape index (κ2) is 21.0. The Kier molecular flexibility index (Phi) is 16.4. The van der Waals surface area contributed by atoms with E-state index in [4.69, 9.17) is 37.8 Å². The van der Waals surface area contributed by atoms with Crippen molar-refractivity contribution in [2.24, 2.45) is 35.3 Å². The van der Waals surface area contributed by atoms with Gasteiger partial charge in [0.1, 0.15) is 17.5 Å². The summed E-state index contributed by atoms with van der Waals surface area (Å²) in [4.78, 5) is 23.7. The predicted octanol–water partition coefficient (Wildman–Crippen LogP) is 5.75. The lowest BCUT2D eigenvalue weighted by Crippen LogP contribution is -2.54. The highest BCUT2D eigenvalue weighted by Crippen LogP contribution is 2.43. The third kappa shape index (κ3) is 11.9. The topological polar surface area (TPSA) is 229 Å². The molecule has 8 heterocycles. The number of ether oxygens (including phenoxy) is 2. The molecule has 2 aromatic heterocycles. The summed E-state index contributed by atoms with van der Waals surface area (Å²) in [5.74, 6) is 3.10. The molecule has 6 saturated heterocycles. The van der Waals surface area contributed by atoms with Crippen LogP contribution in [0.2, 0.25) is 0 Å². The van der Waals surface area contributed by atoms with Crippen LogP contribution < -0.4 is 15.2 Å². The van der Waals surface area contributed by atoms with Crippen molar-refractivity contribution >= 4 is 38.2 Å². The molecule has 6 aliphatic heterocycles. The maximum absolute atomic E-state index is 11.2. The van der Waals surface area contributed by atoms with Gasteiger partial charge in [0.25, 0.3) is 0 Å². The van der Waals surface area contributed by atoms with Crippen molar-refractivity contribution < 1.29 is 47.1 Å². The first-order valence-electron chi connectivity index (χ1n) is 20.6. The first-order valence-corrected chi connectivity index (χ1v) is 22.0. The molecular weight excluding hydrogens is 803 g/mol. The van der Waals surface area contributed by atoms with Gasteiger partial charge in [-0.3, -0.25) is 33.7 Å². The van der Waals surface area contributed by atoms with Crippen molar-refractivity contribution in [3.63, 3.8) is 0 Å². The molecule has 11 atom stereocenters. The number of aliphatic carboxylic acids is 1. The van der Waals surface area contributed by atoms with E-state index in [1.165, 1.54) is 12.8 Å². The number of benzene rings is 2. The molecule has 0 amide bonds. The number of carboxylic acid groups (broad SMARTS) is 1.